The quantitative estimate of drug-likeness (QED) is 0.0332. The summed E-state index contributed by atoms with van der Waals surface area (Å²) in [5, 5.41) is 0. The van der Waals surface area contributed by atoms with Crippen LogP contribution >= 0.6 is 11.8 Å². The largest absolute Gasteiger partial charge is 0.469 e. The molecule has 708 valence electrons. The van der Waals surface area contributed by atoms with Gasteiger partial charge in [0, 0.05) is 79.3 Å². The van der Waals surface area contributed by atoms with Gasteiger partial charge in [-0.2, -0.15) is 11.8 Å². The lowest BCUT2D eigenvalue weighted by molar-refractivity contribution is -0.151. The molecule has 0 amide bonds. The molecule has 0 saturated heterocycles. The van der Waals surface area contributed by atoms with Crippen molar-refractivity contribution in [3.05, 3.63) is 48.0 Å². The maximum absolute atomic E-state index is 12.1. The molecule has 0 N–H and O–H groups in total. The number of thioether (sulfide) groups is 1. The van der Waals surface area contributed by atoms with E-state index in [2.05, 4.69) is 59.8 Å². The molecule has 0 saturated carbocycles. The van der Waals surface area contributed by atoms with E-state index < -0.39 is 23.4 Å². The predicted octanol–water partition coefficient (Wildman–Crippen LogP) is 18.3. The Morgan fingerprint density at radius 1 is 0.344 bits per heavy atom. The van der Waals surface area contributed by atoms with Crippen molar-refractivity contribution in [3.63, 3.8) is 0 Å². The Bertz CT molecular complexity index is 3090. The lowest BCUT2D eigenvalue weighted by atomic mass is 9.74. The van der Waals surface area contributed by atoms with E-state index in [4.69, 9.17) is 14.2 Å². The molecule has 0 aliphatic rings. The zero-order chi connectivity index (χ0) is 97.2. The van der Waals surface area contributed by atoms with Gasteiger partial charge in [0.1, 0.15) is 40.5 Å². The Labute approximate surface area is 740 Å². The highest BCUT2D eigenvalue weighted by atomic mass is 32.2. The second-order valence-electron chi connectivity index (χ2n) is 35.0. The minimum Gasteiger partial charge on any atom is -0.469 e. The number of rotatable bonds is 45. The van der Waals surface area contributed by atoms with Gasteiger partial charge in [-0.15, -0.1) is 0 Å². The standard InChI is InChI=1S/C14H18O3.C12H22O4.3C12H22O3.C12H22O2S.C11H20O4.C11H20O3/c1-10(2)14(16)12(9-13(15)17-3)11-7-5-4-6-8-11;1-8(2)11(14)9(7-10(13)15-5)12(3,4)16-6;1-8(2)11(14)9(12(3,4)5)7-10(13)15-6;2*1-6-9(4)10(7-11(13)15-5)12(14)8(2)3;1-9(2)10(3)11(6-7-15-5)8-12(13)14-4;1-7(2)11(13)9(8(3)14-4)6-10(12)15-5;1-7(2)9(6-10(12)14-5)11(13)8(3)4/h4-8,10,12H,9H2,1-3H3;8-9H,7H2,1-6H3;8-9H,7H2,1-6H3;2*8-10H,6-7H2,1-5H3;9,11H,3,6-8H2,1-2,4-5H3;7-9H,6H2,1-5H3;7-9H,6H2,1-5H3/t12-;2*9-;9-,10+;9-,10-;11-;8-,9-;9-/m01110000/s1. The molecule has 25 nitrogen and oxygen atoms in total. The van der Waals surface area contributed by atoms with E-state index >= 15 is 0 Å². The molecular formula is C96H168O25S. The molecule has 0 spiro atoms. The highest BCUT2D eigenvalue weighted by Gasteiger charge is 2.39. The molecule has 0 heterocycles. The first-order chi connectivity index (χ1) is 56.2. The summed E-state index contributed by atoms with van der Waals surface area (Å²) in [6.07, 6.45) is 6.15. The van der Waals surface area contributed by atoms with Crippen molar-refractivity contribution in [2.45, 2.75) is 282 Å². The third-order valence-corrected chi connectivity index (χ3v) is 22.0. The lowest BCUT2D eigenvalue weighted by Gasteiger charge is -2.32. The summed E-state index contributed by atoms with van der Waals surface area (Å²) in [4.78, 5) is 173. The minimum atomic E-state index is -0.657. The van der Waals surface area contributed by atoms with Crippen LogP contribution in [0.5, 0.6) is 0 Å². The van der Waals surface area contributed by atoms with Crippen molar-refractivity contribution in [1.82, 2.24) is 0 Å². The number of benzene rings is 1. The number of methoxy groups -OCH3 is 10. The van der Waals surface area contributed by atoms with Gasteiger partial charge >= 0.3 is 47.8 Å². The number of allylic oxidation sites excluding steroid dienone is 1. The third kappa shape index (κ3) is 56.5. The molecule has 26 heteroatoms. The summed E-state index contributed by atoms with van der Waals surface area (Å²) >= 11 is 1.80. The summed E-state index contributed by atoms with van der Waals surface area (Å²) in [5.74, 6) is -1.87. The van der Waals surface area contributed by atoms with Gasteiger partial charge in [0.25, 0.3) is 0 Å². The van der Waals surface area contributed by atoms with Crippen LogP contribution in [0.4, 0.5) is 0 Å². The molecule has 0 unspecified atom stereocenters. The van der Waals surface area contributed by atoms with Crippen LogP contribution in [-0.4, -0.2) is 183 Å². The molecule has 0 aliphatic carbocycles. The van der Waals surface area contributed by atoms with E-state index in [1.165, 1.54) is 71.1 Å². The number of hydrogen-bond acceptors (Lipinski definition) is 26. The highest BCUT2D eigenvalue weighted by Crippen LogP contribution is 2.34. The first-order valence-corrected chi connectivity index (χ1v) is 44.2. The molecule has 0 radical (unpaired) electrons. The predicted molar refractivity (Wildman–Crippen MR) is 483 cm³/mol. The molecule has 11 atom stereocenters. The van der Waals surface area contributed by atoms with Crippen LogP contribution < -0.4 is 0 Å². The van der Waals surface area contributed by atoms with Gasteiger partial charge < -0.3 is 47.4 Å². The molecule has 0 aliphatic heterocycles. The first kappa shape index (κ1) is 128. The number of carbonyl (C=O) groups excluding carboxylic acids is 15. The van der Waals surface area contributed by atoms with Gasteiger partial charge in [-0.25, -0.2) is 0 Å². The summed E-state index contributed by atoms with van der Waals surface area (Å²) in [6.45, 7) is 57.5. The van der Waals surface area contributed by atoms with E-state index in [9.17, 15) is 71.9 Å². The van der Waals surface area contributed by atoms with Gasteiger partial charge in [-0.3, -0.25) is 71.9 Å². The van der Waals surface area contributed by atoms with Crippen LogP contribution in [0.2, 0.25) is 0 Å². The zero-order valence-corrected chi connectivity index (χ0v) is 83.6. The third-order valence-electron chi connectivity index (χ3n) is 21.3. The summed E-state index contributed by atoms with van der Waals surface area (Å²) in [7, 11) is 13.9. The highest BCUT2D eigenvalue weighted by molar-refractivity contribution is 7.98. The van der Waals surface area contributed by atoms with E-state index in [1.807, 2.05) is 190 Å². The smallest absolute Gasteiger partial charge is 0.306 e. The van der Waals surface area contributed by atoms with Crippen molar-refractivity contribution < 1.29 is 119 Å². The SMILES string of the molecule is C=C(C(C)C)[C@@H](CCSC)CC(=O)OC.CC[C@@H](C)[C@H](CC(=O)OC)C(=O)C(C)C.CC[C@H](C)[C@H](CC(=O)OC)C(=O)C(C)C.COC(=O)C[C@H](C(=O)C(C)C)C(C)(C)C.COC(=O)C[C@H](C(=O)C(C)C)C(C)(C)OC.COC(=O)C[C@H](C(=O)C(C)C)C(C)C.COC(=O)C[C@H](C(=O)C(C)C)[C@H](C)OC.COC(=O)C[C@H](C(=O)C(C)C)c1ccccc1. The van der Waals surface area contributed by atoms with Gasteiger partial charge in [-0.05, 0) is 79.8 Å². The fourth-order valence-electron chi connectivity index (χ4n) is 11.9. The zero-order valence-electron chi connectivity index (χ0n) is 82.7. The van der Waals surface area contributed by atoms with Crippen LogP contribution in [0.25, 0.3) is 0 Å². The summed E-state index contributed by atoms with van der Waals surface area (Å²) in [5.41, 5.74) is 1.18. The van der Waals surface area contributed by atoms with Gasteiger partial charge in [-0.1, -0.05) is 228 Å². The van der Waals surface area contributed by atoms with E-state index in [0.717, 1.165) is 36.2 Å². The minimum absolute atomic E-state index is 0.0198. The van der Waals surface area contributed by atoms with Crippen molar-refractivity contribution in [3.8, 4) is 0 Å². The molecule has 1 aromatic carbocycles. The van der Waals surface area contributed by atoms with Crippen molar-refractivity contribution in [2.24, 2.45) is 112 Å². The topological polar surface area (TPSA) is 348 Å². The Kier molecular flexibility index (Phi) is 73.3. The van der Waals surface area contributed by atoms with E-state index in [1.54, 1.807) is 32.5 Å². The molecule has 0 fully saturated rings. The number of esters is 8. The van der Waals surface area contributed by atoms with Crippen molar-refractivity contribution in [2.75, 3.05) is 83.1 Å². The summed E-state index contributed by atoms with van der Waals surface area (Å²) < 4.78 is 47.3. The van der Waals surface area contributed by atoms with Gasteiger partial charge in [0.2, 0.25) is 0 Å². The number of Topliss-reactive ketones (excluding diaryl/α,β-unsaturated/α-hetero) is 7. The molecular weight excluding hydrogens is 1590 g/mol. The number of carbonyl (C=O) groups is 15. The molecule has 0 bridgehead atoms. The average molecular weight is 1750 g/mol. The van der Waals surface area contributed by atoms with Crippen LogP contribution in [0.15, 0.2) is 42.5 Å². The Hall–Kier alpha value is -7.32. The molecule has 122 heavy (non-hydrogen) atoms. The van der Waals surface area contributed by atoms with Gasteiger partial charge in [0.15, 0.2) is 0 Å². The monoisotopic (exact) mass is 1750 g/mol. The maximum atomic E-state index is 12.1. The van der Waals surface area contributed by atoms with Crippen LogP contribution in [-0.2, 0) is 119 Å². The number of ketones is 7. The number of hydrogen-bond donors (Lipinski definition) is 0. The fourth-order valence-corrected chi connectivity index (χ4v) is 12.5. The number of ether oxygens (including phenoxy) is 10. The molecule has 1 aromatic rings. The first-order valence-electron chi connectivity index (χ1n) is 42.9. The van der Waals surface area contributed by atoms with E-state index in [0.29, 0.717) is 12.3 Å². The van der Waals surface area contributed by atoms with Crippen molar-refractivity contribution in [1.29, 1.82) is 0 Å². The van der Waals surface area contributed by atoms with Crippen LogP contribution in [0.1, 0.15) is 276 Å². The normalized spacial score (nSPS) is 13.7. The lowest BCUT2D eigenvalue weighted by Crippen LogP contribution is -2.42. The maximum Gasteiger partial charge on any atom is 0.306 e. The van der Waals surface area contributed by atoms with Crippen LogP contribution in [0.3, 0.4) is 0 Å². The fraction of sp³-hybridized carbons (Fsp3) is 0.760. The second-order valence-corrected chi connectivity index (χ2v) is 36.0. The Morgan fingerprint density at radius 2 is 0.623 bits per heavy atom. The second kappa shape index (κ2) is 69.9. The Morgan fingerprint density at radius 3 is 0.902 bits per heavy atom. The molecule has 1 rings (SSSR count). The van der Waals surface area contributed by atoms with Gasteiger partial charge in [0.05, 0.1) is 138 Å². The van der Waals surface area contributed by atoms with Crippen molar-refractivity contribution >= 4 is 100.0 Å². The molecule has 0 aromatic heterocycles. The van der Waals surface area contributed by atoms with E-state index in [-0.39, 0.29) is 233 Å². The summed E-state index contributed by atoms with van der Waals surface area (Å²) in [6, 6.07) is 9.36. The van der Waals surface area contributed by atoms with Crippen LogP contribution in [0, 0.1) is 112 Å². The Balaban J connectivity index is -0.000000248. The average Bonchev–Trinajstić information content (AvgIpc) is 0.832.